The summed E-state index contributed by atoms with van der Waals surface area (Å²) in [5.74, 6) is 1.82. The van der Waals surface area contributed by atoms with Crippen molar-refractivity contribution in [3.8, 4) is 0 Å². The zero-order valence-electron chi connectivity index (χ0n) is 8.73. The van der Waals surface area contributed by atoms with Crippen LogP contribution in [0.3, 0.4) is 0 Å². The van der Waals surface area contributed by atoms with Gasteiger partial charge in [-0.3, -0.25) is 0 Å². The lowest BCUT2D eigenvalue weighted by atomic mass is 10.2. The molecule has 1 aromatic rings. The fourth-order valence-corrected chi connectivity index (χ4v) is 2.24. The Bertz CT molecular complexity index is 276. The van der Waals surface area contributed by atoms with Crippen molar-refractivity contribution in [2.75, 3.05) is 5.75 Å². The van der Waals surface area contributed by atoms with Crippen LogP contribution >= 0.6 is 11.8 Å². The lowest BCUT2D eigenvalue weighted by molar-refractivity contribution is 0.631. The predicted molar refractivity (Wildman–Crippen MR) is 60.1 cm³/mol. The summed E-state index contributed by atoms with van der Waals surface area (Å²) < 4.78 is 0. The van der Waals surface area contributed by atoms with Crippen molar-refractivity contribution < 1.29 is 0 Å². The highest BCUT2D eigenvalue weighted by molar-refractivity contribution is 7.99. The molecule has 2 N–H and O–H groups in total. The van der Waals surface area contributed by atoms with Gasteiger partial charge in [0.25, 0.3) is 0 Å². The van der Waals surface area contributed by atoms with Gasteiger partial charge in [0.2, 0.25) is 0 Å². The van der Waals surface area contributed by atoms with E-state index in [2.05, 4.69) is 24.0 Å². The Hall–Kier alpha value is -0.610. The first-order chi connectivity index (χ1) is 6.74. The SMILES string of the molecule is CC(C)CCSc1nnccc1CN. The largest absolute Gasteiger partial charge is 0.326 e. The summed E-state index contributed by atoms with van der Waals surface area (Å²) >= 11 is 1.75. The number of hydrogen-bond acceptors (Lipinski definition) is 4. The normalized spacial score (nSPS) is 10.9. The fraction of sp³-hybridized carbons (Fsp3) is 0.600. The van der Waals surface area contributed by atoms with E-state index in [-0.39, 0.29) is 0 Å². The molecule has 78 valence electrons. The monoisotopic (exact) mass is 211 g/mol. The van der Waals surface area contributed by atoms with Gasteiger partial charge in [0.1, 0.15) is 5.03 Å². The quantitative estimate of drug-likeness (QED) is 0.758. The maximum atomic E-state index is 5.60. The van der Waals surface area contributed by atoms with Gasteiger partial charge >= 0.3 is 0 Å². The summed E-state index contributed by atoms with van der Waals surface area (Å²) in [6.07, 6.45) is 2.89. The number of thioether (sulfide) groups is 1. The molecule has 1 heterocycles. The van der Waals surface area contributed by atoms with Crippen LogP contribution < -0.4 is 5.73 Å². The average molecular weight is 211 g/mol. The molecule has 0 saturated carbocycles. The van der Waals surface area contributed by atoms with Crippen molar-refractivity contribution in [3.05, 3.63) is 17.8 Å². The molecule has 0 radical (unpaired) electrons. The Morgan fingerprint density at radius 1 is 1.50 bits per heavy atom. The van der Waals surface area contributed by atoms with E-state index in [1.807, 2.05) is 6.07 Å². The summed E-state index contributed by atoms with van der Waals surface area (Å²) in [5.41, 5.74) is 6.69. The first kappa shape index (κ1) is 11.5. The molecule has 0 aliphatic heterocycles. The predicted octanol–water partition coefficient (Wildman–Crippen LogP) is 2.07. The molecule has 0 spiro atoms. The second-order valence-corrected chi connectivity index (χ2v) is 4.68. The summed E-state index contributed by atoms with van der Waals surface area (Å²) in [6, 6.07) is 1.94. The number of aromatic nitrogens is 2. The standard InChI is InChI=1S/C10H17N3S/c1-8(2)4-6-14-10-9(7-11)3-5-12-13-10/h3,5,8H,4,6-7,11H2,1-2H3. The third kappa shape index (κ3) is 3.64. The van der Waals surface area contributed by atoms with Crippen LogP contribution in [0.4, 0.5) is 0 Å². The van der Waals surface area contributed by atoms with Crippen LogP contribution in [0.1, 0.15) is 25.8 Å². The number of nitrogens with two attached hydrogens (primary N) is 1. The first-order valence-electron chi connectivity index (χ1n) is 4.87. The van der Waals surface area contributed by atoms with Gasteiger partial charge in [0, 0.05) is 18.3 Å². The third-order valence-electron chi connectivity index (χ3n) is 1.92. The van der Waals surface area contributed by atoms with Crippen LogP contribution in [0.15, 0.2) is 17.3 Å². The molecular weight excluding hydrogens is 194 g/mol. The highest BCUT2D eigenvalue weighted by Gasteiger charge is 2.03. The fourth-order valence-electron chi connectivity index (χ4n) is 1.01. The first-order valence-corrected chi connectivity index (χ1v) is 5.86. The molecule has 0 amide bonds. The van der Waals surface area contributed by atoms with Gasteiger partial charge < -0.3 is 5.73 Å². The molecule has 1 aromatic heterocycles. The topological polar surface area (TPSA) is 51.8 Å². The highest BCUT2D eigenvalue weighted by Crippen LogP contribution is 2.20. The van der Waals surface area contributed by atoms with Crippen molar-refractivity contribution in [2.24, 2.45) is 11.7 Å². The van der Waals surface area contributed by atoms with Crippen molar-refractivity contribution in [3.63, 3.8) is 0 Å². The molecule has 14 heavy (non-hydrogen) atoms. The Balaban J connectivity index is 2.49. The van der Waals surface area contributed by atoms with Crippen LogP contribution in [0.5, 0.6) is 0 Å². The van der Waals surface area contributed by atoms with Crippen molar-refractivity contribution >= 4 is 11.8 Å². The third-order valence-corrected chi connectivity index (χ3v) is 2.98. The zero-order valence-corrected chi connectivity index (χ0v) is 9.55. The van der Waals surface area contributed by atoms with E-state index in [9.17, 15) is 0 Å². The van der Waals surface area contributed by atoms with Crippen molar-refractivity contribution in [1.29, 1.82) is 0 Å². The lowest BCUT2D eigenvalue weighted by Crippen LogP contribution is -2.01. The van der Waals surface area contributed by atoms with E-state index >= 15 is 0 Å². The molecule has 0 aromatic carbocycles. The molecule has 3 nitrogen and oxygen atoms in total. The molecule has 0 aliphatic carbocycles. The van der Waals surface area contributed by atoms with E-state index in [1.54, 1.807) is 18.0 Å². The van der Waals surface area contributed by atoms with Gasteiger partial charge in [-0.15, -0.1) is 16.9 Å². The minimum Gasteiger partial charge on any atom is -0.326 e. The Kier molecular flexibility index (Phi) is 4.90. The van der Waals surface area contributed by atoms with Crippen molar-refractivity contribution in [1.82, 2.24) is 10.2 Å². The van der Waals surface area contributed by atoms with Gasteiger partial charge in [-0.2, -0.15) is 5.10 Å². The van der Waals surface area contributed by atoms with Gasteiger partial charge in [-0.05, 0) is 24.2 Å². The molecule has 0 saturated heterocycles. The second kappa shape index (κ2) is 5.98. The molecule has 0 unspecified atom stereocenters. The molecule has 4 heteroatoms. The van der Waals surface area contributed by atoms with Gasteiger partial charge in [0.05, 0.1) is 0 Å². The number of rotatable bonds is 5. The number of hydrogen-bond donors (Lipinski definition) is 1. The van der Waals surface area contributed by atoms with E-state index in [1.165, 1.54) is 6.42 Å². The zero-order chi connectivity index (χ0) is 10.4. The summed E-state index contributed by atoms with van der Waals surface area (Å²) in [4.78, 5) is 0. The Labute approximate surface area is 89.5 Å². The summed E-state index contributed by atoms with van der Waals surface area (Å²) in [7, 11) is 0. The summed E-state index contributed by atoms with van der Waals surface area (Å²) in [5, 5.41) is 8.93. The van der Waals surface area contributed by atoms with E-state index in [0.29, 0.717) is 6.54 Å². The Morgan fingerprint density at radius 2 is 2.29 bits per heavy atom. The summed E-state index contributed by atoms with van der Waals surface area (Å²) in [6.45, 7) is 4.99. The van der Waals surface area contributed by atoms with Crippen LogP contribution in [-0.2, 0) is 6.54 Å². The molecule has 0 fully saturated rings. The van der Waals surface area contributed by atoms with Crippen LogP contribution in [0.2, 0.25) is 0 Å². The van der Waals surface area contributed by atoms with E-state index in [4.69, 9.17) is 5.73 Å². The lowest BCUT2D eigenvalue weighted by Gasteiger charge is -2.06. The minimum absolute atomic E-state index is 0.541. The van der Waals surface area contributed by atoms with Gasteiger partial charge in [-0.25, -0.2) is 0 Å². The van der Waals surface area contributed by atoms with Gasteiger partial charge in [-0.1, -0.05) is 13.8 Å². The molecule has 0 aliphatic rings. The smallest absolute Gasteiger partial charge is 0.123 e. The van der Waals surface area contributed by atoms with Crippen molar-refractivity contribution in [2.45, 2.75) is 31.8 Å². The van der Waals surface area contributed by atoms with Crippen LogP contribution in [-0.4, -0.2) is 16.0 Å². The number of nitrogens with zero attached hydrogens (tertiary/aromatic N) is 2. The molecular formula is C10H17N3S. The second-order valence-electron chi connectivity index (χ2n) is 3.60. The maximum absolute atomic E-state index is 5.60. The maximum Gasteiger partial charge on any atom is 0.123 e. The van der Waals surface area contributed by atoms with Crippen LogP contribution in [0.25, 0.3) is 0 Å². The Morgan fingerprint density at radius 3 is 2.93 bits per heavy atom. The van der Waals surface area contributed by atoms with Crippen LogP contribution in [0, 0.1) is 5.92 Å². The van der Waals surface area contributed by atoms with E-state index < -0.39 is 0 Å². The van der Waals surface area contributed by atoms with E-state index in [0.717, 1.165) is 22.3 Å². The molecule has 0 atom stereocenters. The van der Waals surface area contributed by atoms with Gasteiger partial charge in [0.15, 0.2) is 0 Å². The minimum atomic E-state index is 0.541. The highest BCUT2D eigenvalue weighted by atomic mass is 32.2. The molecule has 0 bridgehead atoms. The molecule has 1 rings (SSSR count). The average Bonchev–Trinajstić information content (AvgIpc) is 2.18.